The van der Waals surface area contributed by atoms with E-state index in [0.717, 1.165) is 0 Å². The van der Waals surface area contributed by atoms with Crippen molar-refractivity contribution in [3.63, 3.8) is 0 Å². The van der Waals surface area contributed by atoms with Gasteiger partial charge in [-0.05, 0) is 35.9 Å². The van der Waals surface area contributed by atoms with Crippen LogP contribution in [-0.2, 0) is 6.61 Å². The van der Waals surface area contributed by atoms with Gasteiger partial charge < -0.3 is 4.74 Å². The van der Waals surface area contributed by atoms with Crippen LogP contribution in [0.5, 0.6) is 5.75 Å². The van der Waals surface area contributed by atoms with E-state index in [9.17, 15) is 19.8 Å². The zero-order chi connectivity index (χ0) is 19.9. The largest absolute Gasteiger partial charge is 0.488 e. The monoisotopic (exact) mass is 374 g/mol. The molecular weight excluding hydrogens is 359 g/mol. The molecule has 3 aromatic rings. The minimum atomic E-state index is -0.495. The minimum absolute atomic E-state index is 0.0466. The predicted octanol–water partition coefficient (Wildman–Crippen LogP) is 5.38. The number of benzene rings is 3. The van der Waals surface area contributed by atoms with E-state index >= 15 is 0 Å². The Kier molecular flexibility index (Phi) is 5.78. The van der Waals surface area contributed by atoms with Gasteiger partial charge in [-0.25, -0.2) is 4.39 Å². The van der Waals surface area contributed by atoms with Gasteiger partial charge in [-0.1, -0.05) is 36.4 Å². The average Bonchev–Trinajstić information content (AvgIpc) is 2.72. The zero-order valence-electron chi connectivity index (χ0n) is 14.7. The number of nitrogens with zero attached hydrogens (tertiary/aromatic N) is 2. The van der Waals surface area contributed by atoms with Gasteiger partial charge in [0, 0.05) is 23.3 Å². The van der Waals surface area contributed by atoms with Crippen molar-refractivity contribution in [2.45, 2.75) is 6.61 Å². The third kappa shape index (κ3) is 4.40. The van der Waals surface area contributed by atoms with Crippen molar-refractivity contribution in [2.24, 2.45) is 0 Å². The summed E-state index contributed by atoms with van der Waals surface area (Å²) in [5, 5.41) is 20.3. The summed E-state index contributed by atoms with van der Waals surface area (Å²) in [6, 6.07) is 21.3. The number of halogens is 1. The highest BCUT2D eigenvalue weighted by atomic mass is 19.1. The topological polar surface area (TPSA) is 76.2 Å². The Balaban J connectivity index is 1.87. The Morgan fingerprint density at radius 2 is 1.75 bits per heavy atom. The van der Waals surface area contributed by atoms with Crippen LogP contribution in [0.15, 0.2) is 72.8 Å². The number of nitriles is 1. The molecular formula is C22H15FN2O3. The van der Waals surface area contributed by atoms with Crippen LogP contribution in [0.3, 0.4) is 0 Å². The molecule has 0 spiro atoms. The molecule has 0 unspecified atom stereocenters. The number of hydrogen-bond acceptors (Lipinski definition) is 4. The van der Waals surface area contributed by atoms with Crippen molar-refractivity contribution in [1.82, 2.24) is 0 Å². The molecule has 0 saturated carbocycles. The van der Waals surface area contributed by atoms with Gasteiger partial charge >= 0.3 is 0 Å². The number of para-hydroxylation sites is 1. The summed E-state index contributed by atoms with van der Waals surface area (Å²) in [4.78, 5) is 10.3. The van der Waals surface area contributed by atoms with Gasteiger partial charge in [-0.3, -0.25) is 10.1 Å². The molecule has 0 aliphatic carbocycles. The highest BCUT2D eigenvalue weighted by Crippen LogP contribution is 2.26. The second-order valence-corrected chi connectivity index (χ2v) is 5.89. The standard InChI is InChI=1S/C22H15FN2O3/c23-21-7-3-1-6-18(21)15-28-22-8-4-2-5-17(22)13-19(14-24)16-9-11-20(12-10-16)25(26)27/h1-13H,15H2/b19-13+. The number of ether oxygens (including phenoxy) is 1. The summed E-state index contributed by atoms with van der Waals surface area (Å²) >= 11 is 0. The van der Waals surface area contributed by atoms with Crippen molar-refractivity contribution >= 4 is 17.3 Å². The molecule has 0 heterocycles. The summed E-state index contributed by atoms with van der Waals surface area (Å²) in [5.74, 6) is 0.152. The second-order valence-electron chi connectivity index (χ2n) is 5.89. The molecule has 0 bridgehead atoms. The molecule has 0 aromatic heterocycles. The molecule has 0 amide bonds. The summed E-state index contributed by atoms with van der Waals surface area (Å²) in [6.45, 7) is 0.0525. The zero-order valence-corrected chi connectivity index (χ0v) is 14.7. The molecule has 0 aliphatic heterocycles. The maximum atomic E-state index is 13.8. The molecule has 0 saturated heterocycles. The lowest BCUT2D eigenvalue weighted by Gasteiger charge is -2.10. The Bertz CT molecular complexity index is 1070. The lowest BCUT2D eigenvalue weighted by Crippen LogP contribution is -1.99. The van der Waals surface area contributed by atoms with Gasteiger partial charge in [0.05, 0.1) is 16.6 Å². The van der Waals surface area contributed by atoms with Gasteiger partial charge in [0.2, 0.25) is 0 Å². The van der Waals surface area contributed by atoms with Gasteiger partial charge in [-0.2, -0.15) is 5.26 Å². The summed E-state index contributed by atoms with van der Waals surface area (Å²) in [5.41, 5.74) is 1.91. The Labute approximate surface area is 161 Å². The number of allylic oxidation sites excluding steroid dienone is 1. The number of rotatable bonds is 6. The SMILES string of the molecule is N#C/C(=C\c1ccccc1OCc1ccccc1F)c1ccc([N+](=O)[O-])cc1. The van der Waals surface area contributed by atoms with Crippen LogP contribution in [0.2, 0.25) is 0 Å². The van der Waals surface area contributed by atoms with Gasteiger partial charge in [0.25, 0.3) is 5.69 Å². The molecule has 3 aromatic carbocycles. The van der Waals surface area contributed by atoms with Gasteiger partial charge in [-0.15, -0.1) is 0 Å². The third-order valence-electron chi connectivity index (χ3n) is 4.07. The van der Waals surface area contributed by atoms with Crippen LogP contribution in [0.25, 0.3) is 11.6 Å². The fraction of sp³-hybridized carbons (Fsp3) is 0.0455. The molecule has 0 radical (unpaired) electrons. The predicted molar refractivity (Wildman–Crippen MR) is 104 cm³/mol. The minimum Gasteiger partial charge on any atom is -0.488 e. The lowest BCUT2D eigenvalue weighted by atomic mass is 10.0. The highest BCUT2D eigenvalue weighted by Gasteiger charge is 2.09. The first kappa shape index (κ1) is 18.8. The Morgan fingerprint density at radius 3 is 2.43 bits per heavy atom. The fourth-order valence-electron chi connectivity index (χ4n) is 2.60. The Morgan fingerprint density at radius 1 is 1.07 bits per heavy atom. The molecule has 28 heavy (non-hydrogen) atoms. The van der Waals surface area contributed by atoms with Gasteiger partial charge in [0.1, 0.15) is 18.2 Å². The molecule has 0 aliphatic rings. The van der Waals surface area contributed by atoms with E-state index < -0.39 is 4.92 Å². The molecule has 5 nitrogen and oxygen atoms in total. The van der Waals surface area contributed by atoms with Crippen LogP contribution >= 0.6 is 0 Å². The first-order valence-electron chi connectivity index (χ1n) is 8.40. The van der Waals surface area contributed by atoms with Crippen LogP contribution in [0.1, 0.15) is 16.7 Å². The second kappa shape index (κ2) is 8.60. The fourth-order valence-corrected chi connectivity index (χ4v) is 2.60. The smallest absolute Gasteiger partial charge is 0.269 e. The quantitative estimate of drug-likeness (QED) is 0.251. The highest BCUT2D eigenvalue weighted by molar-refractivity contribution is 5.90. The summed E-state index contributed by atoms with van der Waals surface area (Å²) in [6.07, 6.45) is 1.64. The van der Waals surface area contributed by atoms with E-state index in [0.29, 0.717) is 28.0 Å². The van der Waals surface area contributed by atoms with Crippen molar-refractivity contribution in [3.8, 4) is 11.8 Å². The number of hydrogen-bond donors (Lipinski definition) is 0. The van der Waals surface area contributed by atoms with Crippen molar-refractivity contribution < 1.29 is 14.1 Å². The first-order valence-corrected chi connectivity index (χ1v) is 8.40. The molecule has 0 N–H and O–H groups in total. The maximum Gasteiger partial charge on any atom is 0.269 e. The number of non-ortho nitro benzene ring substituents is 1. The summed E-state index contributed by atoms with van der Waals surface area (Å²) in [7, 11) is 0. The molecule has 0 atom stereocenters. The molecule has 138 valence electrons. The van der Waals surface area contributed by atoms with Crippen molar-refractivity contribution in [1.29, 1.82) is 5.26 Å². The van der Waals surface area contributed by atoms with E-state index in [2.05, 4.69) is 6.07 Å². The van der Waals surface area contributed by atoms with Gasteiger partial charge in [0.15, 0.2) is 0 Å². The number of nitro groups is 1. The van der Waals surface area contributed by atoms with E-state index in [1.54, 1.807) is 48.5 Å². The molecule has 0 fully saturated rings. The lowest BCUT2D eigenvalue weighted by molar-refractivity contribution is -0.384. The summed E-state index contributed by atoms with van der Waals surface area (Å²) < 4.78 is 19.5. The first-order chi connectivity index (χ1) is 13.6. The number of nitro benzene ring substituents is 1. The van der Waals surface area contributed by atoms with E-state index in [1.807, 2.05) is 0 Å². The van der Waals surface area contributed by atoms with Crippen molar-refractivity contribution in [2.75, 3.05) is 0 Å². The average molecular weight is 374 g/mol. The Hall–Kier alpha value is -3.98. The van der Waals surface area contributed by atoms with Crippen LogP contribution in [0, 0.1) is 27.3 Å². The van der Waals surface area contributed by atoms with E-state index in [4.69, 9.17) is 4.74 Å². The third-order valence-corrected chi connectivity index (χ3v) is 4.07. The van der Waals surface area contributed by atoms with E-state index in [1.165, 1.54) is 30.3 Å². The normalized spacial score (nSPS) is 10.9. The maximum absolute atomic E-state index is 13.8. The van der Waals surface area contributed by atoms with Crippen LogP contribution in [-0.4, -0.2) is 4.92 Å². The molecule has 3 rings (SSSR count). The molecule has 6 heteroatoms. The van der Waals surface area contributed by atoms with Crippen LogP contribution < -0.4 is 4.74 Å². The van der Waals surface area contributed by atoms with Crippen molar-refractivity contribution in [3.05, 3.63) is 105 Å². The van der Waals surface area contributed by atoms with E-state index in [-0.39, 0.29) is 18.1 Å². The van der Waals surface area contributed by atoms with Crippen LogP contribution in [0.4, 0.5) is 10.1 Å².